The maximum absolute atomic E-state index is 12.7. The van der Waals surface area contributed by atoms with E-state index in [1.54, 1.807) is 6.07 Å². The lowest BCUT2D eigenvalue weighted by molar-refractivity contribution is 0.639. The molecule has 0 unspecified atom stereocenters. The van der Waals surface area contributed by atoms with Gasteiger partial charge in [0.05, 0.1) is 0 Å². The molecule has 2 aromatic rings. The fraction of sp³-hybridized carbons (Fsp3) is 0. The van der Waals surface area contributed by atoms with Gasteiger partial charge in [-0.15, -0.1) is 0 Å². The summed E-state index contributed by atoms with van der Waals surface area (Å²) in [4.78, 5) is 2.78. The first-order valence-electron chi connectivity index (χ1n) is 3.01. The number of hydrogen-bond donors (Lipinski definition) is 1. The van der Waals surface area contributed by atoms with Crippen molar-refractivity contribution in [2.75, 3.05) is 0 Å². The number of H-pyrrole nitrogens is 1. The summed E-state index contributed by atoms with van der Waals surface area (Å²) in [6, 6.07) is 8.12. The van der Waals surface area contributed by atoms with Crippen LogP contribution in [0.4, 0.5) is 4.39 Å². The maximum atomic E-state index is 12.7. The van der Waals surface area contributed by atoms with Gasteiger partial charge >= 0.3 is 0 Å². The van der Waals surface area contributed by atoms with Crippen LogP contribution < -0.4 is 0 Å². The summed E-state index contributed by atoms with van der Waals surface area (Å²) in [7, 11) is 0. The lowest BCUT2D eigenvalue weighted by Crippen LogP contribution is -1.66. The number of halogens is 1. The van der Waals surface area contributed by atoms with Crippen LogP contribution in [0.15, 0.2) is 24.4 Å². The van der Waals surface area contributed by atoms with Crippen molar-refractivity contribution in [3.05, 3.63) is 36.3 Å². The SMILES string of the molecule is Fc1c[nH]c2ccc[c]c12. The Labute approximate surface area is 57.5 Å². The van der Waals surface area contributed by atoms with Crippen LogP contribution >= 0.6 is 0 Å². The van der Waals surface area contributed by atoms with E-state index in [-0.39, 0.29) is 5.82 Å². The van der Waals surface area contributed by atoms with Crippen LogP contribution in [-0.2, 0) is 0 Å². The second-order valence-corrected chi connectivity index (χ2v) is 2.10. The molecular weight excluding hydrogens is 129 g/mol. The van der Waals surface area contributed by atoms with Crippen molar-refractivity contribution >= 4 is 10.9 Å². The van der Waals surface area contributed by atoms with Crippen LogP contribution in [0.2, 0.25) is 0 Å². The summed E-state index contributed by atoms with van der Waals surface area (Å²) in [5.74, 6) is -0.240. The minimum absolute atomic E-state index is 0.240. The van der Waals surface area contributed by atoms with Gasteiger partial charge in [0.25, 0.3) is 0 Å². The average molecular weight is 134 g/mol. The summed E-state index contributed by atoms with van der Waals surface area (Å²) in [6.07, 6.45) is 1.33. The molecule has 1 nitrogen and oxygen atoms in total. The van der Waals surface area contributed by atoms with Crippen LogP contribution in [-0.4, -0.2) is 4.98 Å². The summed E-state index contributed by atoms with van der Waals surface area (Å²) in [5.41, 5.74) is 0.792. The number of aromatic nitrogens is 1. The fourth-order valence-corrected chi connectivity index (χ4v) is 0.968. The molecule has 0 aliphatic heterocycles. The van der Waals surface area contributed by atoms with Crippen molar-refractivity contribution in [3.63, 3.8) is 0 Å². The Kier molecular flexibility index (Phi) is 1.01. The predicted octanol–water partition coefficient (Wildman–Crippen LogP) is 2.11. The van der Waals surface area contributed by atoms with Gasteiger partial charge in [-0.2, -0.15) is 0 Å². The minimum atomic E-state index is -0.240. The Morgan fingerprint density at radius 3 is 3.20 bits per heavy atom. The topological polar surface area (TPSA) is 15.8 Å². The first-order valence-corrected chi connectivity index (χ1v) is 3.01. The molecule has 0 saturated carbocycles. The number of nitrogens with one attached hydrogen (secondary N) is 1. The number of benzene rings is 1. The van der Waals surface area contributed by atoms with Gasteiger partial charge in [-0.25, -0.2) is 4.39 Å². The third-order valence-corrected chi connectivity index (χ3v) is 1.45. The van der Waals surface area contributed by atoms with E-state index in [2.05, 4.69) is 11.1 Å². The van der Waals surface area contributed by atoms with E-state index in [0.29, 0.717) is 5.39 Å². The van der Waals surface area contributed by atoms with Crippen molar-refractivity contribution in [2.45, 2.75) is 0 Å². The molecule has 0 atom stereocenters. The Bertz CT molecular complexity index is 351. The van der Waals surface area contributed by atoms with Crippen molar-refractivity contribution in [1.29, 1.82) is 0 Å². The number of hydrogen-bond acceptors (Lipinski definition) is 0. The van der Waals surface area contributed by atoms with Gasteiger partial charge in [-0.3, -0.25) is 0 Å². The molecule has 2 rings (SSSR count). The monoisotopic (exact) mass is 134 g/mol. The number of aromatic amines is 1. The number of rotatable bonds is 0. The molecule has 2 heteroatoms. The van der Waals surface area contributed by atoms with Crippen molar-refractivity contribution in [2.24, 2.45) is 0 Å². The maximum Gasteiger partial charge on any atom is 0.149 e. The zero-order chi connectivity index (χ0) is 6.97. The smallest absolute Gasteiger partial charge is 0.149 e. The molecule has 0 aliphatic carbocycles. The second-order valence-electron chi connectivity index (χ2n) is 2.10. The van der Waals surface area contributed by atoms with E-state index in [0.717, 1.165) is 5.52 Å². The first-order chi connectivity index (χ1) is 4.88. The number of fused-ring (bicyclic) bond motifs is 1. The zero-order valence-corrected chi connectivity index (χ0v) is 5.19. The molecule has 49 valence electrons. The fourth-order valence-electron chi connectivity index (χ4n) is 0.968. The molecule has 1 aromatic carbocycles. The van der Waals surface area contributed by atoms with Crippen LogP contribution in [0.1, 0.15) is 0 Å². The summed E-state index contributed by atoms with van der Waals surface area (Å²) in [6.45, 7) is 0. The van der Waals surface area contributed by atoms with Gasteiger partial charge in [0.2, 0.25) is 0 Å². The van der Waals surface area contributed by atoms with E-state index >= 15 is 0 Å². The molecule has 0 aliphatic rings. The molecular formula is C8H5FN. The Morgan fingerprint density at radius 2 is 2.40 bits per heavy atom. The van der Waals surface area contributed by atoms with E-state index in [9.17, 15) is 4.39 Å². The Hall–Kier alpha value is -1.31. The van der Waals surface area contributed by atoms with Crippen molar-refractivity contribution in [3.8, 4) is 0 Å². The Balaban J connectivity index is 2.93. The van der Waals surface area contributed by atoms with Crippen LogP contribution in [0.5, 0.6) is 0 Å². The van der Waals surface area contributed by atoms with Crippen molar-refractivity contribution < 1.29 is 4.39 Å². The molecule has 0 bridgehead atoms. The average Bonchev–Trinajstić information content (AvgIpc) is 2.34. The summed E-state index contributed by atoms with van der Waals surface area (Å²) < 4.78 is 12.7. The Morgan fingerprint density at radius 1 is 1.50 bits per heavy atom. The van der Waals surface area contributed by atoms with Crippen LogP contribution in [0.25, 0.3) is 10.9 Å². The second kappa shape index (κ2) is 1.84. The highest BCUT2D eigenvalue weighted by Gasteiger charge is 1.98. The van der Waals surface area contributed by atoms with Crippen molar-refractivity contribution in [1.82, 2.24) is 4.98 Å². The molecule has 0 amide bonds. The standard InChI is InChI=1S/C8H5FN/c9-7-5-10-8-4-2-1-3-6(7)8/h1-2,4-5,10H. The molecule has 10 heavy (non-hydrogen) atoms. The van der Waals surface area contributed by atoms with Gasteiger partial charge < -0.3 is 4.98 Å². The molecule has 0 fully saturated rings. The molecule has 1 aromatic heterocycles. The van der Waals surface area contributed by atoms with E-state index in [1.807, 2.05) is 12.1 Å². The van der Waals surface area contributed by atoms with Gasteiger partial charge in [-0.1, -0.05) is 12.1 Å². The van der Waals surface area contributed by atoms with E-state index in [4.69, 9.17) is 0 Å². The molecule has 1 radical (unpaired) electrons. The predicted molar refractivity (Wildman–Crippen MR) is 37.1 cm³/mol. The van der Waals surface area contributed by atoms with Gasteiger partial charge in [-0.05, 0) is 12.1 Å². The molecule has 0 spiro atoms. The molecule has 0 saturated heterocycles. The third kappa shape index (κ3) is 0.620. The molecule has 1 N–H and O–H groups in total. The highest BCUT2D eigenvalue weighted by Crippen LogP contribution is 2.14. The largest absolute Gasteiger partial charge is 0.359 e. The lowest BCUT2D eigenvalue weighted by Gasteiger charge is -1.83. The minimum Gasteiger partial charge on any atom is -0.359 e. The van der Waals surface area contributed by atoms with Crippen LogP contribution in [0, 0.1) is 11.9 Å². The van der Waals surface area contributed by atoms with E-state index in [1.165, 1.54) is 6.20 Å². The third-order valence-electron chi connectivity index (χ3n) is 1.45. The quantitative estimate of drug-likeness (QED) is 0.568. The van der Waals surface area contributed by atoms with Gasteiger partial charge in [0.1, 0.15) is 5.82 Å². The summed E-state index contributed by atoms with van der Waals surface area (Å²) >= 11 is 0. The molecule has 1 heterocycles. The van der Waals surface area contributed by atoms with Crippen LogP contribution in [0.3, 0.4) is 0 Å². The van der Waals surface area contributed by atoms with E-state index < -0.39 is 0 Å². The highest BCUT2D eigenvalue weighted by atomic mass is 19.1. The first kappa shape index (κ1) is 5.47. The van der Waals surface area contributed by atoms with Gasteiger partial charge in [0.15, 0.2) is 0 Å². The normalized spacial score (nSPS) is 10.5. The highest BCUT2D eigenvalue weighted by molar-refractivity contribution is 5.78. The zero-order valence-electron chi connectivity index (χ0n) is 5.19. The summed E-state index contributed by atoms with van der Waals surface area (Å²) in [5, 5.41) is 0.530. The lowest BCUT2D eigenvalue weighted by atomic mass is 10.2. The van der Waals surface area contributed by atoms with Gasteiger partial charge in [0, 0.05) is 17.1 Å².